The molecule has 1 saturated heterocycles. The Morgan fingerprint density at radius 2 is 1.81 bits per heavy atom. The van der Waals surface area contributed by atoms with Gasteiger partial charge in [-0.2, -0.15) is 0 Å². The molecule has 0 saturated carbocycles. The first-order valence-corrected chi connectivity index (χ1v) is 14.2. The van der Waals surface area contributed by atoms with Crippen molar-refractivity contribution in [3.05, 3.63) is 131 Å². The number of carbonyl (C=O) groups excluding carboxylic acids is 1. The first kappa shape index (κ1) is 27.5. The SMILES string of the molecule is Cc1ccc(Cl)cc1-c1ccc(C2C(c3ccccn3)NC(=S)N2c2ccc(NC(=O)COc3ccccc3)cc2)o1. The van der Waals surface area contributed by atoms with Crippen LogP contribution in [0.1, 0.15) is 29.1 Å². The fourth-order valence-electron chi connectivity index (χ4n) is 5.01. The summed E-state index contributed by atoms with van der Waals surface area (Å²) >= 11 is 12.1. The maximum atomic E-state index is 12.5. The zero-order chi connectivity index (χ0) is 29.1. The molecule has 210 valence electrons. The number of thiocarbonyl (C=S) groups is 1. The number of anilines is 2. The van der Waals surface area contributed by atoms with Crippen LogP contribution in [0.2, 0.25) is 5.02 Å². The Morgan fingerprint density at radius 1 is 1.02 bits per heavy atom. The van der Waals surface area contributed by atoms with Crippen molar-refractivity contribution in [3.8, 4) is 17.1 Å². The van der Waals surface area contributed by atoms with Gasteiger partial charge in [-0.25, -0.2) is 0 Å². The van der Waals surface area contributed by atoms with Crippen LogP contribution >= 0.6 is 23.8 Å². The Bertz CT molecular complexity index is 1710. The molecular formula is C33H27ClN4O3S. The number of nitrogens with zero attached hydrogens (tertiary/aromatic N) is 2. The van der Waals surface area contributed by atoms with Crippen LogP contribution in [0.5, 0.6) is 5.75 Å². The number of furan rings is 1. The molecule has 7 nitrogen and oxygen atoms in total. The Morgan fingerprint density at radius 3 is 2.57 bits per heavy atom. The third-order valence-electron chi connectivity index (χ3n) is 7.02. The van der Waals surface area contributed by atoms with Gasteiger partial charge in [0, 0.05) is 28.2 Å². The molecule has 6 rings (SSSR count). The second-order valence-electron chi connectivity index (χ2n) is 9.85. The summed E-state index contributed by atoms with van der Waals surface area (Å²) in [6, 6.07) is 31.6. The smallest absolute Gasteiger partial charge is 0.262 e. The Labute approximate surface area is 254 Å². The number of halogens is 1. The molecule has 3 heterocycles. The number of rotatable bonds is 8. The van der Waals surface area contributed by atoms with Gasteiger partial charge in [-0.05, 0) is 97.5 Å². The number of benzene rings is 3. The number of carbonyl (C=O) groups is 1. The van der Waals surface area contributed by atoms with Crippen molar-refractivity contribution in [2.24, 2.45) is 0 Å². The van der Waals surface area contributed by atoms with E-state index in [0.717, 1.165) is 34.0 Å². The lowest BCUT2D eigenvalue weighted by atomic mass is 10.0. The van der Waals surface area contributed by atoms with E-state index < -0.39 is 0 Å². The van der Waals surface area contributed by atoms with Gasteiger partial charge in [-0.1, -0.05) is 41.9 Å². The van der Waals surface area contributed by atoms with Crippen LogP contribution in [0.25, 0.3) is 11.3 Å². The highest BCUT2D eigenvalue weighted by Crippen LogP contribution is 2.43. The number of amides is 1. The fraction of sp³-hybridized carbons (Fsp3) is 0.121. The maximum absolute atomic E-state index is 12.5. The first-order valence-electron chi connectivity index (χ1n) is 13.4. The summed E-state index contributed by atoms with van der Waals surface area (Å²) in [7, 11) is 0. The minimum absolute atomic E-state index is 0.0906. The monoisotopic (exact) mass is 594 g/mol. The van der Waals surface area contributed by atoms with Crippen molar-refractivity contribution in [3.63, 3.8) is 0 Å². The number of pyridine rings is 1. The summed E-state index contributed by atoms with van der Waals surface area (Å²) in [5.41, 5.74) is 4.32. The largest absolute Gasteiger partial charge is 0.484 e. The average Bonchev–Trinajstić information content (AvgIpc) is 3.63. The predicted molar refractivity (Wildman–Crippen MR) is 169 cm³/mol. The third kappa shape index (κ3) is 5.86. The van der Waals surface area contributed by atoms with Crippen LogP contribution in [0.4, 0.5) is 11.4 Å². The molecule has 2 unspecified atom stereocenters. The highest BCUT2D eigenvalue weighted by Gasteiger charge is 2.42. The van der Waals surface area contributed by atoms with E-state index in [2.05, 4.69) is 15.6 Å². The normalized spacial score (nSPS) is 16.2. The van der Waals surface area contributed by atoms with Gasteiger partial charge in [0.25, 0.3) is 5.91 Å². The lowest BCUT2D eigenvalue weighted by Gasteiger charge is -2.26. The van der Waals surface area contributed by atoms with Gasteiger partial charge >= 0.3 is 0 Å². The molecule has 3 aromatic carbocycles. The van der Waals surface area contributed by atoms with Crippen LogP contribution in [-0.2, 0) is 4.79 Å². The van der Waals surface area contributed by atoms with E-state index >= 15 is 0 Å². The van der Waals surface area contributed by atoms with Gasteiger partial charge in [0.2, 0.25) is 0 Å². The van der Waals surface area contributed by atoms with Crippen LogP contribution in [0, 0.1) is 6.92 Å². The van der Waals surface area contributed by atoms with E-state index in [9.17, 15) is 4.79 Å². The molecule has 5 aromatic rings. The average molecular weight is 595 g/mol. The van der Waals surface area contributed by atoms with Crippen LogP contribution < -0.4 is 20.3 Å². The van der Waals surface area contributed by atoms with E-state index in [0.29, 0.717) is 21.6 Å². The molecule has 2 N–H and O–H groups in total. The third-order valence-corrected chi connectivity index (χ3v) is 7.57. The minimum Gasteiger partial charge on any atom is -0.484 e. The second kappa shape index (κ2) is 12.1. The van der Waals surface area contributed by atoms with Gasteiger partial charge in [-0.3, -0.25) is 9.78 Å². The number of aryl methyl sites for hydroxylation is 1. The quantitative estimate of drug-likeness (QED) is 0.180. The molecule has 1 fully saturated rings. The zero-order valence-corrected chi connectivity index (χ0v) is 24.2. The highest BCUT2D eigenvalue weighted by atomic mass is 35.5. The molecule has 0 aliphatic carbocycles. The molecule has 2 atom stereocenters. The molecule has 1 aliphatic heterocycles. The number of ether oxygens (including phenoxy) is 1. The number of para-hydroxylation sites is 1. The summed E-state index contributed by atoms with van der Waals surface area (Å²) in [5.74, 6) is 1.83. The van der Waals surface area contributed by atoms with Crippen molar-refractivity contribution in [2.45, 2.75) is 19.0 Å². The highest BCUT2D eigenvalue weighted by molar-refractivity contribution is 7.80. The van der Waals surface area contributed by atoms with Gasteiger partial charge in [0.1, 0.15) is 23.3 Å². The molecule has 1 aliphatic rings. The molecule has 2 aromatic heterocycles. The Hall–Kier alpha value is -4.66. The summed E-state index contributed by atoms with van der Waals surface area (Å²) in [4.78, 5) is 19.1. The van der Waals surface area contributed by atoms with Gasteiger partial charge < -0.3 is 24.7 Å². The zero-order valence-electron chi connectivity index (χ0n) is 22.7. The van der Waals surface area contributed by atoms with Gasteiger partial charge in [0.05, 0.1) is 11.7 Å². The van der Waals surface area contributed by atoms with Crippen LogP contribution in [-0.4, -0.2) is 22.6 Å². The number of hydrogen-bond acceptors (Lipinski definition) is 5. The minimum atomic E-state index is -0.319. The Kier molecular flexibility index (Phi) is 7.90. The molecule has 9 heteroatoms. The Balaban J connectivity index is 1.27. The summed E-state index contributed by atoms with van der Waals surface area (Å²) in [6.45, 7) is 1.93. The second-order valence-corrected chi connectivity index (χ2v) is 10.7. The topological polar surface area (TPSA) is 79.6 Å². The van der Waals surface area contributed by atoms with Crippen molar-refractivity contribution >= 4 is 46.2 Å². The number of nitrogens with one attached hydrogen (secondary N) is 2. The molecule has 0 radical (unpaired) electrons. The molecular weight excluding hydrogens is 568 g/mol. The lowest BCUT2D eigenvalue weighted by Crippen LogP contribution is -2.29. The van der Waals surface area contributed by atoms with E-state index in [1.54, 1.807) is 6.20 Å². The standard InChI is InChI=1S/C33H27ClN4O3S/c1-21-10-11-22(34)19-26(21)28-16-17-29(41-28)32-31(27-9-5-6-18-35-27)37-33(42)38(32)24-14-12-23(13-15-24)36-30(39)20-40-25-7-3-2-4-8-25/h2-19,31-32H,20H2,1H3,(H,36,39)(H,37,42). The van der Waals surface area contributed by atoms with E-state index in [-0.39, 0.29) is 24.6 Å². The van der Waals surface area contributed by atoms with Crippen molar-refractivity contribution in [1.82, 2.24) is 10.3 Å². The summed E-state index contributed by atoms with van der Waals surface area (Å²) in [5, 5.41) is 7.51. The molecule has 0 spiro atoms. The number of aromatic nitrogens is 1. The van der Waals surface area contributed by atoms with E-state index in [1.165, 1.54) is 0 Å². The fourth-order valence-corrected chi connectivity index (χ4v) is 5.52. The number of hydrogen-bond donors (Lipinski definition) is 2. The van der Waals surface area contributed by atoms with Gasteiger partial charge in [0.15, 0.2) is 11.7 Å². The van der Waals surface area contributed by atoms with Crippen LogP contribution in [0.3, 0.4) is 0 Å². The molecule has 1 amide bonds. The van der Waals surface area contributed by atoms with Gasteiger partial charge in [-0.15, -0.1) is 0 Å². The van der Waals surface area contributed by atoms with Crippen LogP contribution in [0.15, 0.2) is 114 Å². The van der Waals surface area contributed by atoms with Crippen molar-refractivity contribution in [2.75, 3.05) is 16.8 Å². The predicted octanol–water partition coefficient (Wildman–Crippen LogP) is 7.50. The first-order chi connectivity index (χ1) is 20.5. The van der Waals surface area contributed by atoms with E-state index in [4.69, 9.17) is 33.0 Å². The summed E-state index contributed by atoms with van der Waals surface area (Å²) < 4.78 is 12.0. The molecule has 42 heavy (non-hydrogen) atoms. The van der Waals surface area contributed by atoms with E-state index in [1.807, 2.05) is 115 Å². The lowest BCUT2D eigenvalue weighted by molar-refractivity contribution is -0.118. The van der Waals surface area contributed by atoms with Crippen molar-refractivity contribution < 1.29 is 13.9 Å². The maximum Gasteiger partial charge on any atom is 0.262 e. The van der Waals surface area contributed by atoms with Crippen molar-refractivity contribution in [1.29, 1.82) is 0 Å². The summed E-state index contributed by atoms with van der Waals surface area (Å²) in [6.07, 6.45) is 1.77. The molecule has 0 bridgehead atoms.